The molecule has 1 aromatic carbocycles. The van der Waals surface area contributed by atoms with Gasteiger partial charge in [-0.25, -0.2) is 0 Å². The average molecular weight is 271 g/mol. The molecule has 1 aliphatic rings. The lowest BCUT2D eigenvalue weighted by atomic mass is 10.1. The first-order valence-corrected chi connectivity index (χ1v) is 7.34. The van der Waals surface area contributed by atoms with E-state index in [-0.39, 0.29) is 5.91 Å². The number of likely N-dealkylation sites (N-methyl/N-ethyl adjacent to an activating group) is 1. The van der Waals surface area contributed by atoms with Gasteiger partial charge in [0.2, 0.25) is 5.91 Å². The summed E-state index contributed by atoms with van der Waals surface area (Å²) in [6.07, 6.45) is 4.60. The van der Waals surface area contributed by atoms with E-state index in [9.17, 15) is 4.79 Å². The third kappa shape index (κ3) is 2.85. The predicted octanol–water partition coefficient (Wildman–Crippen LogP) is 2.03. The van der Waals surface area contributed by atoms with Gasteiger partial charge in [0.25, 0.3) is 0 Å². The van der Waals surface area contributed by atoms with Crippen molar-refractivity contribution in [3.05, 3.63) is 36.0 Å². The number of fused-ring (bicyclic) bond motifs is 1. The van der Waals surface area contributed by atoms with E-state index in [2.05, 4.69) is 34.9 Å². The summed E-state index contributed by atoms with van der Waals surface area (Å²) in [6.45, 7) is 3.91. The second kappa shape index (κ2) is 5.67. The predicted molar refractivity (Wildman–Crippen MR) is 80.5 cm³/mol. The van der Waals surface area contributed by atoms with Crippen LogP contribution in [0, 0.1) is 0 Å². The molecule has 0 radical (unpaired) electrons. The Morgan fingerprint density at radius 2 is 2.20 bits per heavy atom. The molecule has 3 rings (SSSR count). The number of aromatic nitrogens is 1. The fourth-order valence-electron chi connectivity index (χ4n) is 2.53. The van der Waals surface area contributed by atoms with Crippen molar-refractivity contribution in [1.82, 2.24) is 15.2 Å². The summed E-state index contributed by atoms with van der Waals surface area (Å²) in [6, 6.07) is 9.13. The highest BCUT2D eigenvalue weighted by atomic mass is 16.1. The highest BCUT2D eigenvalue weighted by Crippen LogP contribution is 2.23. The number of nitrogens with zero attached hydrogens (tertiary/aromatic N) is 1. The lowest BCUT2D eigenvalue weighted by Crippen LogP contribution is -2.26. The fraction of sp³-hybridized carbons (Fsp3) is 0.438. The Labute approximate surface area is 119 Å². The van der Waals surface area contributed by atoms with Crippen molar-refractivity contribution in [2.75, 3.05) is 6.54 Å². The molecule has 4 heteroatoms. The maximum Gasteiger partial charge on any atom is 0.239 e. The number of benzene rings is 1. The lowest BCUT2D eigenvalue weighted by molar-refractivity contribution is -0.121. The summed E-state index contributed by atoms with van der Waals surface area (Å²) in [5.41, 5.74) is 2.44. The number of hydrogen-bond donors (Lipinski definition) is 2. The van der Waals surface area contributed by atoms with E-state index in [4.69, 9.17) is 0 Å². The zero-order valence-electron chi connectivity index (χ0n) is 11.9. The van der Waals surface area contributed by atoms with Crippen LogP contribution in [0.4, 0.5) is 0 Å². The number of amides is 1. The largest absolute Gasteiger partial charge is 0.355 e. The molecule has 0 unspecified atom stereocenters. The summed E-state index contributed by atoms with van der Waals surface area (Å²) in [7, 11) is 0. The molecule has 1 amide bonds. The number of rotatable bonds is 6. The Morgan fingerprint density at radius 1 is 1.35 bits per heavy atom. The van der Waals surface area contributed by atoms with E-state index in [0.717, 1.165) is 12.1 Å². The van der Waals surface area contributed by atoms with Gasteiger partial charge in [-0.3, -0.25) is 4.79 Å². The van der Waals surface area contributed by atoms with E-state index in [0.29, 0.717) is 19.1 Å². The molecule has 0 saturated heterocycles. The number of hydrogen-bond acceptors (Lipinski definition) is 2. The monoisotopic (exact) mass is 271 g/mol. The van der Waals surface area contributed by atoms with Gasteiger partial charge in [0.05, 0.1) is 0 Å². The highest BCUT2D eigenvalue weighted by molar-refractivity contribution is 5.85. The zero-order valence-corrected chi connectivity index (χ0v) is 11.9. The first-order valence-electron chi connectivity index (χ1n) is 7.34. The van der Waals surface area contributed by atoms with Crippen molar-refractivity contribution < 1.29 is 4.79 Å². The summed E-state index contributed by atoms with van der Waals surface area (Å²) in [4.78, 5) is 11.7. The second-order valence-electron chi connectivity index (χ2n) is 5.40. The van der Waals surface area contributed by atoms with Gasteiger partial charge < -0.3 is 15.2 Å². The summed E-state index contributed by atoms with van der Waals surface area (Å²) in [5.74, 6) is 0.0616. The van der Waals surface area contributed by atoms with Crippen LogP contribution in [0.25, 0.3) is 10.9 Å². The van der Waals surface area contributed by atoms with Crippen LogP contribution in [0.1, 0.15) is 25.3 Å². The highest BCUT2D eigenvalue weighted by Gasteiger charge is 2.20. The zero-order chi connectivity index (χ0) is 13.9. The van der Waals surface area contributed by atoms with E-state index >= 15 is 0 Å². The van der Waals surface area contributed by atoms with Gasteiger partial charge in [0.15, 0.2) is 0 Å². The smallest absolute Gasteiger partial charge is 0.239 e. The molecule has 0 aliphatic heterocycles. The second-order valence-corrected chi connectivity index (χ2v) is 5.40. The third-order valence-corrected chi connectivity index (χ3v) is 3.75. The summed E-state index contributed by atoms with van der Waals surface area (Å²) < 4.78 is 2.01. The van der Waals surface area contributed by atoms with Crippen LogP contribution in [0.15, 0.2) is 30.5 Å². The van der Waals surface area contributed by atoms with Crippen LogP contribution in [0.5, 0.6) is 0 Å². The molecule has 1 fully saturated rings. The van der Waals surface area contributed by atoms with E-state index in [1.54, 1.807) is 0 Å². The molecular formula is C16H21N3O. The Morgan fingerprint density at radius 3 is 2.95 bits per heavy atom. The van der Waals surface area contributed by atoms with Crippen molar-refractivity contribution in [1.29, 1.82) is 0 Å². The third-order valence-electron chi connectivity index (χ3n) is 3.75. The van der Waals surface area contributed by atoms with Crippen molar-refractivity contribution in [2.45, 2.75) is 38.9 Å². The standard InChI is InChI=1S/C16H21N3O/c1-2-17-16(20)11-19-9-8-14-12(4-3-5-15(14)19)10-18-13-6-7-13/h3-5,8-9,13,18H,2,6-7,10-11H2,1H3,(H,17,20). The minimum atomic E-state index is 0.0616. The van der Waals surface area contributed by atoms with Crippen molar-refractivity contribution >= 4 is 16.8 Å². The molecule has 1 aromatic heterocycles. The molecule has 0 spiro atoms. The molecule has 2 N–H and O–H groups in total. The van der Waals surface area contributed by atoms with E-state index in [1.807, 2.05) is 17.7 Å². The Bertz CT molecular complexity index is 613. The van der Waals surface area contributed by atoms with Gasteiger partial charge in [-0.15, -0.1) is 0 Å². The number of carbonyl (C=O) groups is 1. The van der Waals surface area contributed by atoms with E-state index in [1.165, 1.54) is 23.8 Å². The van der Waals surface area contributed by atoms with Crippen molar-refractivity contribution in [3.63, 3.8) is 0 Å². The van der Waals surface area contributed by atoms with E-state index < -0.39 is 0 Å². The van der Waals surface area contributed by atoms with Gasteiger partial charge in [0.1, 0.15) is 6.54 Å². The van der Waals surface area contributed by atoms with Gasteiger partial charge in [-0.2, -0.15) is 0 Å². The van der Waals surface area contributed by atoms with Gasteiger partial charge >= 0.3 is 0 Å². The quantitative estimate of drug-likeness (QED) is 0.844. The molecule has 1 heterocycles. The molecule has 2 aromatic rings. The van der Waals surface area contributed by atoms with Gasteiger partial charge in [0, 0.05) is 36.2 Å². The lowest BCUT2D eigenvalue weighted by Gasteiger charge is -2.08. The molecule has 1 aliphatic carbocycles. The van der Waals surface area contributed by atoms with Crippen LogP contribution in [-0.2, 0) is 17.9 Å². The van der Waals surface area contributed by atoms with Crippen LogP contribution < -0.4 is 10.6 Å². The first kappa shape index (κ1) is 13.2. The Balaban J connectivity index is 1.80. The maximum absolute atomic E-state index is 11.7. The summed E-state index contributed by atoms with van der Waals surface area (Å²) >= 11 is 0. The molecule has 106 valence electrons. The van der Waals surface area contributed by atoms with Crippen LogP contribution in [-0.4, -0.2) is 23.1 Å². The summed E-state index contributed by atoms with van der Waals surface area (Å²) in [5, 5.41) is 7.63. The average Bonchev–Trinajstić information content (AvgIpc) is 3.18. The molecule has 4 nitrogen and oxygen atoms in total. The first-order chi connectivity index (χ1) is 9.78. The molecule has 0 bridgehead atoms. The normalized spacial score (nSPS) is 14.7. The van der Waals surface area contributed by atoms with Gasteiger partial charge in [-0.05, 0) is 37.5 Å². The number of nitrogens with one attached hydrogen (secondary N) is 2. The van der Waals surface area contributed by atoms with Crippen LogP contribution in [0.3, 0.4) is 0 Å². The van der Waals surface area contributed by atoms with Gasteiger partial charge in [-0.1, -0.05) is 12.1 Å². The van der Waals surface area contributed by atoms with Crippen LogP contribution in [0.2, 0.25) is 0 Å². The number of carbonyl (C=O) groups excluding carboxylic acids is 1. The molecular weight excluding hydrogens is 250 g/mol. The van der Waals surface area contributed by atoms with Crippen molar-refractivity contribution in [3.8, 4) is 0 Å². The minimum Gasteiger partial charge on any atom is -0.355 e. The van der Waals surface area contributed by atoms with Crippen LogP contribution >= 0.6 is 0 Å². The molecule has 1 saturated carbocycles. The fourth-order valence-corrected chi connectivity index (χ4v) is 2.53. The topological polar surface area (TPSA) is 46.1 Å². The Kier molecular flexibility index (Phi) is 3.74. The SMILES string of the molecule is CCNC(=O)Cn1ccc2c(CNC3CC3)cccc21. The molecule has 0 atom stereocenters. The maximum atomic E-state index is 11.7. The minimum absolute atomic E-state index is 0.0616. The van der Waals surface area contributed by atoms with Crippen molar-refractivity contribution in [2.24, 2.45) is 0 Å². The molecule has 20 heavy (non-hydrogen) atoms. The Hall–Kier alpha value is -1.81.